The lowest BCUT2D eigenvalue weighted by atomic mass is 10.1. The molecule has 1 aliphatic rings. The van der Waals surface area contributed by atoms with Gasteiger partial charge in [-0.1, -0.05) is 29.3 Å². The second-order valence-electron chi connectivity index (χ2n) is 5.16. The molecule has 1 aliphatic carbocycles. The van der Waals surface area contributed by atoms with Crippen molar-refractivity contribution in [2.24, 2.45) is 0 Å². The Hall–Kier alpha value is -1.71. The molecule has 108 valence electrons. The zero-order valence-electron chi connectivity index (χ0n) is 11.1. The normalized spacial score (nSPS) is 16.6. The number of hydrogen-bond acceptors (Lipinski definition) is 2. The van der Waals surface area contributed by atoms with Gasteiger partial charge in [0.2, 0.25) is 0 Å². The van der Waals surface area contributed by atoms with Gasteiger partial charge in [-0.25, -0.2) is 4.79 Å². The number of anilines is 1. The molecule has 0 saturated heterocycles. The first kappa shape index (κ1) is 14.2. The molecule has 1 unspecified atom stereocenters. The molecule has 2 aromatic carbocycles. The minimum absolute atomic E-state index is 0.111. The fraction of sp³-hybridized carbons (Fsp3) is 0.188. The van der Waals surface area contributed by atoms with Gasteiger partial charge < -0.3 is 10.4 Å². The summed E-state index contributed by atoms with van der Waals surface area (Å²) in [5.41, 5.74) is 3.40. The van der Waals surface area contributed by atoms with Crippen molar-refractivity contribution < 1.29 is 9.90 Å². The standard InChI is InChI=1S/C16H13Cl2NO2/c17-11-2-1-9-6-13(7-10(9)5-11)19-12-3-4-15(18)14(8-12)16(20)21/h1-5,8,13,19H,6-7H2,(H,20,21). The molecule has 0 radical (unpaired) electrons. The van der Waals surface area contributed by atoms with Crippen LogP contribution in [0.1, 0.15) is 21.5 Å². The zero-order valence-corrected chi connectivity index (χ0v) is 12.6. The fourth-order valence-corrected chi connectivity index (χ4v) is 3.10. The number of carbonyl (C=O) groups is 1. The Morgan fingerprint density at radius 1 is 1.10 bits per heavy atom. The van der Waals surface area contributed by atoms with Gasteiger partial charge in [-0.3, -0.25) is 0 Å². The first-order valence-corrected chi connectivity index (χ1v) is 7.35. The first-order valence-electron chi connectivity index (χ1n) is 6.59. The van der Waals surface area contributed by atoms with E-state index in [1.54, 1.807) is 18.2 Å². The summed E-state index contributed by atoms with van der Waals surface area (Å²) in [6.45, 7) is 0. The van der Waals surface area contributed by atoms with Gasteiger partial charge in [-0.15, -0.1) is 0 Å². The Morgan fingerprint density at radius 2 is 1.86 bits per heavy atom. The van der Waals surface area contributed by atoms with E-state index in [0.717, 1.165) is 23.6 Å². The Morgan fingerprint density at radius 3 is 2.62 bits per heavy atom. The van der Waals surface area contributed by atoms with Gasteiger partial charge in [0.1, 0.15) is 0 Å². The number of halogens is 2. The van der Waals surface area contributed by atoms with Crippen LogP contribution in [-0.2, 0) is 12.8 Å². The van der Waals surface area contributed by atoms with E-state index in [1.807, 2.05) is 18.2 Å². The van der Waals surface area contributed by atoms with Crippen LogP contribution < -0.4 is 5.32 Å². The summed E-state index contributed by atoms with van der Waals surface area (Å²) in [6.07, 6.45) is 1.78. The van der Waals surface area contributed by atoms with E-state index in [1.165, 1.54) is 11.1 Å². The highest BCUT2D eigenvalue weighted by Gasteiger charge is 2.21. The molecule has 0 fully saturated rings. The Bertz CT molecular complexity index is 715. The van der Waals surface area contributed by atoms with Crippen molar-refractivity contribution in [3.8, 4) is 0 Å². The van der Waals surface area contributed by atoms with Crippen LogP contribution in [0.4, 0.5) is 5.69 Å². The van der Waals surface area contributed by atoms with Crippen molar-refractivity contribution >= 4 is 34.9 Å². The van der Waals surface area contributed by atoms with Crippen LogP contribution in [0.5, 0.6) is 0 Å². The average molecular weight is 322 g/mol. The summed E-state index contributed by atoms with van der Waals surface area (Å²) in [6, 6.07) is 11.1. The molecule has 3 nitrogen and oxygen atoms in total. The maximum absolute atomic E-state index is 11.1. The van der Waals surface area contributed by atoms with Crippen LogP contribution in [0.3, 0.4) is 0 Å². The summed E-state index contributed by atoms with van der Waals surface area (Å²) in [5, 5.41) is 13.5. The van der Waals surface area contributed by atoms with E-state index < -0.39 is 5.97 Å². The minimum Gasteiger partial charge on any atom is -0.478 e. The van der Waals surface area contributed by atoms with Crippen molar-refractivity contribution in [3.05, 3.63) is 63.1 Å². The molecule has 3 rings (SSSR count). The summed E-state index contributed by atoms with van der Waals surface area (Å²) in [5.74, 6) is -1.02. The van der Waals surface area contributed by atoms with Crippen molar-refractivity contribution in [1.82, 2.24) is 0 Å². The number of aromatic carboxylic acids is 1. The summed E-state index contributed by atoms with van der Waals surface area (Å²) >= 11 is 11.9. The van der Waals surface area contributed by atoms with E-state index in [0.29, 0.717) is 0 Å². The van der Waals surface area contributed by atoms with Crippen LogP contribution >= 0.6 is 23.2 Å². The van der Waals surface area contributed by atoms with Gasteiger partial charge in [-0.2, -0.15) is 0 Å². The van der Waals surface area contributed by atoms with Gasteiger partial charge in [-0.05, 0) is 54.3 Å². The third-order valence-corrected chi connectivity index (χ3v) is 4.23. The molecule has 0 bridgehead atoms. The quantitative estimate of drug-likeness (QED) is 0.887. The summed E-state index contributed by atoms with van der Waals surface area (Å²) in [4.78, 5) is 11.1. The van der Waals surface area contributed by atoms with E-state index in [2.05, 4.69) is 5.32 Å². The number of benzene rings is 2. The number of carboxylic acids is 1. The Kier molecular flexibility index (Phi) is 3.79. The van der Waals surface area contributed by atoms with Crippen molar-refractivity contribution in [2.45, 2.75) is 18.9 Å². The number of fused-ring (bicyclic) bond motifs is 1. The second-order valence-corrected chi connectivity index (χ2v) is 6.01. The number of rotatable bonds is 3. The van der Waals surface area contributed by atoms with Crippen molar-refractivity contribution in [1.29, 1.82) is 0 Å². The fourth-order valence-electron chi connectivity index (χ4n) is 2.70. The van der Waals surface area contributed by atoms with Crippen molar-refractivity contribution in [2.75, 3.05) is 5.32 Å². The molecule has 21 heavy (non-hydrogen) atoms. The minimum atomic E-state index is -1.02. The van der Waals surface area contributed by atoms with Gasteiger partial charge in [0.05, 0.1) is 10.6 Å². The van der Waals surface area contributed by atoms with Crippen LogP contribution in [-0.4, -0.2) is 17.1 Å². The number of nitrogens with one attached hydrogen (secondary N) is 1. The maximum Gasteiger partial charge on any atom is 0.337 e. The largest absolute Gasteiger partial charge is 0.478 e. The molecule has 0 aromatic heterocycles. The molecular formula is C16H13Cl2NO2. The predicted octanol–water partition coefficient (Wildman–Crippen LogP) is 4.27. The van der Waals surface area contributed by atoms with E-state index in [-0.39, 0.29) is 16.6 Å². The molecule has 0 heterocycles. The van der Waals surface area contributed by atoms with E-state index in [9.17, 15) is 4.79 Å². The Labute approximate surface area is 132 Å². The van der Waals surface area contributed by atoms with Gasteiger partial charge >= 0.3 is 5.97 Å². The van der Waals surface area contributed by atoms with Gasteiger partial charge in [0.15, 0.2) is 0 Å². The zero-order chi connectivity index (χ0) is 15.0. The smallest absolute Gasteiger partial charge is 0.337 e. The van der Waals surface area contributed by atoms with Crippen molar-refractivity contribution in [3.63, 3.8) is 0 Å². The van der Waals surface area contributed by atoms with Crippen LogP contribution in [0.2, 0.25) is 10.0 Å². The third kappa shape index (κ3) is 2.99. The first-order chi connectivity index (χ1) is 10.0. The third-order valence-electron chi connectivity index (χ3n) is 3.67. The van der Waals surface area contributed by atoms with Crippen LogP contribution in [0.25, 0.3) is 0 Å². The van der Waals surface area contributed by atoms with Gasteiger partial charge in [0.25, 0.3) is 0 Å². The topological polar surface area (TPSA) is 49.3 Å². The van der Waals surface area contributed by atoms with Crippen LogP contribution in [0.15, 0.2) is 36.4 Å². The average Bonchev–Trinajstić information content (AvgIpc) is 2.82. The summed E-state index contributed by atoms with van der Waals surface area (Å²) < 4.78 is 0. The highest BCUT2D eigenvalue weighted by atomic mass is 35.5. The highest BCUT2D eigenvalue weighted by molar-refractivity contribution is 6.33. The molecule has 0 aliphatic heterocycles. The molecular weight excluding hydrogens is 309 g/mol. The molecule has 2 aromatic rings. The maximum atomic E-state index is 11.1. The molecule has 0 spiro atoms. The second kappa shape index (κ2) is 5.58. The van der Waals surface area contributed by atoms with Crippen LogP contribution in [0, 0.1) is 0 Å². The SMILES string of the molecule is O=C(O)c1cc(NC2Cc3ccc(Cl)cc3C2)ccc1Cl. The van der Waals surface area contributed by atoms with E-state index in [4.69, 9.17) is 28.3 Å². The predicted molar refractivity (Wildman–Crippen MR) is 84.7 cm³/mol. The Balaban J connectivity index is 1.77. The molecule has 5 heteroatoms. The lowest BCUT2D eigenvalue weighted by molar-refractivity contribution is 0.0697. The number of hydrogen-bond donors (Lipinski definition) is 2. The lowest BCUT2D eigenvalue weighted by Gasteiger charge is -2.14. The highest BCUT2D eigenvalue weighted by Crippen LogP contribution is 2.28. The van der Waals surface area contributed by atoms with E-state index >= 15 is 0 Å². The number of carboxylic acid groups (broad SMARTS) is 1. The summed E-state index contributed by atoms with van der Waals surface area (Å²) in [7, 11) is 0. The molecule has 0 amide bonds. The molecule has 0 saturated carbocycles. The molecule has 2 N–H and O–H groups in total. The van der Waals surface area contributed by atoms with Gasteiger partial charge in [0, 0.05) is 16.8 Å². The monoisotopic (exact) mass is 321 g/mol. The molecule has 1 atom stereocenters. The lowest BCUT2D eigenvalue weighted by Crippen LogP contribution is -2.19.